The van der Waals surface area contributed by atoms with E-state index in [1.807, 2.05) is 0 Å². The maximum Gasteiger partial charge on any atom is 0.132 e. The molecule has 0 aromatic heterocycles. The highest BCUT2D eigenvalue weighted by Gasteiger charge is 2.43. The Morgan fingerprint density at radius 2 is 2.15 bits per heavy atom. The van der Waals surface area contributed by atoms with Gasteiger partial charge in [0.15, 0.2) is 0 Å². The first-order valence-corrected chi connectivity index (χ1v) is 7.09. The van der Waals surface area contributed by atoms with E-state index in [2.05, 4.69) is 6.92 Å². The van der Waals surface area contributed by atoms with Crippen molar-refractivity contribution in [2.75, 3.05) is 14.2 Å². The average Bonchev–Trinajstić information content (AvgIpc) is 2.46. The zero-order valence-corrected chi connectivity index (χ0v) is 12.4. The molecule has 1 N–H and O–H groups in total. The molecule has 3 nitrogen and oxygen atoms in total. The van der Waals surface area contributed by atoms with Crippen molar-refractivity contribution in [1.82, 2.24) is 0 Å². The van der Waals surface area contributed by atoms with Crippen molar-refractivity contribution in [3.63, 3.8) is 0 Å². The lowest BCUT2D eigenvalue weighted by Crippen LogP contribution is -2.43. The van der Waals surface area contributed by atoms with Crippen LogP contribution in [0.25, 0.3) is 0 Å². The summed E-state index contributed by atoms with van der Waals surface area (Å²) in [6, 6.07) is 4.55. The minimum absolute atomic E-state index is 0.279. The number of hydrogen-bond acceptors (Lipinski definition) is 3. The lowest BCUT2D eigenvalue weighted by Gasteiger charge is -2.42. The van der Waals surface area contributed by atoms with E-state index in [0.717, 1.165) is 25.7 Å². The van der Waals surface area contributed by atoms with Crippen LogP contribution >= 0.6 is 0 Å². The lowest BCUT2D eigenvalue weighted by atomic mass is 9.74. The van der Waals surface area contributed by atoms with Gasteiger partial charge in [0.1, 0.15) is 17.7 Å². The SMILES string of the molecule is COc1ccc(C(O)C2(OC)CCCC(C)C2)c(F)c1. The smallest absolute Gasteiger partial charge is 0.132 e. The maximum absolute atomic E-state index is 14.2. The molecule has 0 heterocycles. The van der Waals surface area contributed by atoms with Gasteiger partial charge in [-0.25, -0.2) is 4.39 Å². The molecule has 0 bridgehead atoms. The highest BCUT2D eigenvalue weighted by Crippen LogP contribution is 2.44. The van der Waals surface area contributed by atoms with E-state index in [-0.39, 0.29) is 5.56 Å². The van der Waals surface area contributed by atoms with Gasteiger partial charge in [0.05, 0.1) is 12.7 Å². The Labute approximate surface area is 119 Å². The first-order valence-electron chi connectivity index (χ1n) is 7.09. The highest BCUT2D eigenvalue weighted by atomic mass is 19.1. The molecule has 0 amide bonds. The topological polar surface area (TPSA) is 38.7 Å². The van der Waals surface area contributed by atoms with E-state index >= 15 is 0 Å². The number of benzene rings is 1. The average molecular weight is 282 g/mol. The molecule has 1 saturated carbocycles. The van der Waals surface area contributed by atoms with Crippen molar-refractivity contribution < 1.29 is 19.0 Å². The van der Waals surface area contributed by atoms with Crippen molar-refractivity contribution in [2.24, 2.45) is 5.92 Å². The molecule has 0 spiro atoms. The molecule has 3 unspecified atom stereocenters. The number of aliphatic hydroxyl groups is 1. The fourth-order valence-electron chi connectivity index (χ4n) is 3.23. The van der Waals surface area contributed by atoms with Crippen LogP contribution < -0.4 is 4.74 Å². The van der Waals surface area contributed by atoms with Gasteiger partial charge in [0, 0.05) is 18.7 Å². The summed E-state index contributed by atoms with van der Waals surface area (Å²) in [6.07, 6.45) is 2.66. The standard InChI is InChI=1S/C16H23FO3/c1-11-5-4-8-16(10-11,20-3)15(18)13-7-6-12(19-2)9-14(13)17/h6-7,9,11,15,18H,4-5,8,10H2,1-3H3. The fourth-order valence-corrected chi connectivity index (χ4v) is 3.23. The normalized spacial score (nSPS) is 28.1. The number of rotatable bonds is 4. The summed E-state index contributed by atoms with van der Waals surface area (Å²) >= 11 is 0. The van der Waals surface area contributed by atoms with Gasteiger partial charge >= 0.3 is 0 Å². The molecule has 20 heavy (non-hydrogen) atoms. The van der Waals surface area contributed by atoms with Gasteiger partial charge in [-0.15, -0.1) is 0 Å². The second kappa shape index (κ2) is 6.10. The zero-order valence-electron chi connectivity index (χ0n) is 12.4. The third-order valence-corrected chi connectivity index (χ3v) is 4.40. The van der Waals surface area contributed by atoms with E-state index in [1.54, 1.807) is 19.2 Å². The molecule has 1 aromatic carbocycles. The van der Waals surface area contributed by atoms with Gasteiger partial charge in [-0.2, -0.15) is 0 Å². The lowest BCUT2D eigenvalue weighted by molar-refractivity contribution is -0.135. The number of halogens is 1. The Bertz CT molecular complexity index is 463. The van der Waals surface area contributed by atoms with Crippen molar-refractivity contribution in [2.45, 2.75) is 44.3 Å². The number of ether oxygens (including phenoxy) is 2. The Hall–Kier alpha value is -1.13. The monoisotopic (exact) mass is 282 g/mol. The second-order valence-electron chi connectivity index (χ2n) is 5.76. The molecular weight excluding hydrogens is 259 g/mol. The van der Waals surface area contributed by atoms with Crippen molar-refractivity contribution >= 4 is 0 Å². The van der Waals surface area contributed by atoms with Crippen molar-refractivity contribution in [3.8, 4) is 5.75 Å². The molecule has 0 aliphatic heterocycles. The quantitative estimate of drug-likeness (QED) is 0.919. The minimum atomic E-state index is -0.957. The summed E-state index contributed by atoms with van der Waals surface area (Å²) in [7, 11) is 3.09. The molecule has 3 atom stereocenters. The van der Waals surface area contributed by atoms with Crippen molar-refractivity contribution in [3.05, 3.63) is 29.6 Å². The number of hydrogen-bond donors (Lipinski definition) is 1. The first kappa shape index (κ1) is 15.3. The minimum Gasteiger partial charge on any atom is -0.497 e. The maximum atomic E-state index is 14.2. The number of aliphatic hydroxyl groups excluding tert-OH is 1. The number of methoxy groups -OCH3 is 2. The third-order valence-electron chi connectivity index (χ3n) is 4.40. The van der Waals surface area contributed by atoms with Gasteiger partial charge in [-0.1, -0.05) is 19.8 Å². The van der Waals surface area contributed by atoms with Crippen LogP contribution in [0.15, 0.2) is 18.2 Å². The second-order valence-corrected chi connectivity index (χ2v) is 5.76. The Kier molecular flexibility index (Phi) is 4.66. The molecule has 1 aliphatic carbocycles. The summed E-state index contributed by atoms with van der Waals surface area (Å²) < 4.78 is 24.8. The van der Waals surface area contributed by atoms with Crippen LogP contribution in [0, 0.1) is 11.7 Å². The molecule has 0 radical (unpaired) electrons. The van der Waals surface area contributed by atoms with Crippen molar-refractivity contribution in [1.29, 1.82) is 0 Å². The predicted octanol–water partition coefficient (Wildman–Crippen LogP) is 3.46. The molecule has 0 saturated heterocycles. The molecule has 4 heteroatoms. The Morgan fingerprint density at radius 1 is 1.40 bits per heavy atom. The summed E-state index contributed by atoms with van der Waals surface area (Å²) in [5.41, 5.74) is -0.408. The summed E-state index contributed by atoms with van der Waals surface area (Å²) in [6.45, 7) is 2.14. The molecule has 1 aromatic rings. The fraction of sp³-hybridized carbons (Fsp3) is 0.625. The van der Waals surface area contributed by atoms with Gasteiger partial charge in [-0.05, 0) is 30.9 Å². The third kappa shape index (κ3) is 2.81. The molecule has 1 fully saturated rings. The van der Waals surface area contributed by atoms with Crippen LogP contribution in [-0.2, 0) is 4.74 Å². The molecule has 112 valence electrons. The zero-order chi connectivity index (χ0) is 14.8. The largest absolute Gasteiger partial charge is 0.497 e. The van der Waals surface area contributed by atoms with Crippen LogP contribution in [0.4, 0.5) is 4.39 Å². The van der Waals surface area contributed by atoms with E-state index in [1.165, 1.54) is 13.2 Å². The van der Waals surface area contributed by atoms with Gasteiger partial charge < -0.3 is 14.6 Å². The van der Waals surface area contributed by atoms with E-state index in [9.17, 15) is 9.50 Å². The van der Waals surface area contributed by atoms with E-state index in [0.29, 0.717) is 11.7 Å². The van der Waals surface area contributed by atoms with Crippen LogP contribution in [0.2, 0.25) is 0 Å². The Balaban J connectivity index is 2.30. The summed E-state index contributed by atoms with van der Waals surface area (Å²) in [5, 5.41) is 10.7. The highest BCUT2D eigenvalue weighted by molar-refractivity contribution is 5.31. The molecular formula is C16H23FO3. The van der Waals surface area contributed by atoms with Gasteiger partial charge in [0.2, 0.25) is 0 Å². The van der Waals surface area contributed by atoms with Crippen LogP contribution in [-0.4, -0.2) is 24.9 Å². The predicted molar refractivity (Wildman–Crippen MR) is 75.3 cm³/mol. The van der Waals surface area contributed by atoms with Gasteiger partial charge in [-0.3, -0.25) is 0 Å². The van der Waals surface area contributed by atoms with E-state index < -0.39 is 17.5 Å². The Morgan fingerprint density at radius 3 is 2.70 bits per heavy atom. The van der Waals surface area contributed by atoms with Gasteiger partial charge in [0.25, 0.3) is 0 Å². The summed E-state index contributed by atoms with van der Waals surface area (Å²) in [4.78, 5) is 0. The molecule has 2 rings (SSSR count). The summed E-state index contributed by atoms with van der Waals surface area (Å²) in [5.74, 6) is 0.466. The first-order chi connectivity index (χ1) is 9.52. The van der Waals surface area contributed by atoms with Crippen LogP contribution in [0.5, 0.6) is 5.75 Å². The van der Waals surface area contributed by atoms with E-state index in [4.69, 9.17) is 9.47 Å². The van der Waals surface area contributed by atoms with Crippen LogP contribution in [0.3, 0.4) is 0 Å². The molecule has 1 aliphatic rings. The van der Waals surface area contributed by atoms with Crippen LogP contribution in [0.1, 0.15) is 44.3 Å².